The highest BCUT2D eigenvalue weighted by Crippen LogP contribution is 2.40. The van der Waals surface area contributed by atoms with Crippen LogP contribution in [-0.2, 0) is 15.0 Å². The Morgan fingerprint density at radius 1 is 1.18 bits per heavy atom. The maximum absolute atomic E-state index is 12.3. The summed E-state index contributed by atoms with van der Waals surface area (Å²) in [5.41, 5.74) is 1.81. The maximum atomic E-state index is 12.3. The number of allylic oxidation sites excluding steroid dienone is 2. The van der Waals surface area contributed by atoms with Crippen LogP contribution < -0.4 is 13.9 Å². The SMILES string of the molecule is CN1c2ccc(NC(=O)[C@H]3CC=CCC3)cc2N(C)S1(=O)=O. The first-order valence-electron chi connectivity index (χ1n) is 7.24. The fourth-order valence-corrected chi connectivity index (χ4v) is 3.99. The van der Waals surface area contributed by atoms with Crippen molar-refractivity contribution in [2.45, 2.75) is 19.3 Å². The highest BCUT2D eigenvalue weighted by atomic mass is 32.2. The molecule has 1 aliphatic carbocycles. The van der Waals surface area contributed by atoms with E-state index in [2.05, 4.69) is 11.4 Å². The van der Waals surface area contributed by atoms with Crippen molar-refractivity contribution in [2.24, 2.45) is 5.92 Å². The van der Waals surface area contributed by atoms with Crippen LogP contribution in [0.3, 0.4) is 0 Å². The highest BCUT2D eigenvalue weighted by Gasteiger charge is 2.35. The summed E-state index contributed by atoms with van der Waals surface area (Å²) in [5, 5.41) is 2.89. The van der Waals surface area contributed by atoms with Gasteiger partial charge in [0.15, 0.2) is 0 Å². The zero-order valence-corrected chi connectivity index (χ0v) is 13.4. The standard InChI is InChI=1S/C15H19N3O3S/c1-17-13-9-8-12(10-14(13)18(2)22(17,20)21)16-15(19)11-6-4-3-5-7-11/h3-4,8-11H,5-7H2,1-2H3,(H,16,19)/t11-/m0/s1. The van der Waals surface area contributed by atoms with Gasteiger partial charge in [-0.3, -0.25) is 13.4 Å². The molecule has 0 unspecified atom stereocenters. The van der Waals surface area contributed by atoms with E-state index in [1.54, 1.807) is 18.2 Å². The average Bonchev–Trinajstić information content (AvgIpc) is 2.69. The Bertz CT molecular complexity index is 742. The summed E-state index contributed by atoms with van der Waals surface area (Å²) in [6, 6.07) is 5.15. The molecule has 0 bridgehead atoms. The van der Waals surface area contributed by atoms with Gasteiger partial charge in [0, 0.05) is 25.7 Å². The van der Waals surface area contributed by atoms with Gasteiger partial charge >= 0.3 is 10.2 Å². The van der Waals surface area contributed by atoms with Crippen molar-refractivity contribution in [3.05, 3.63) is 30.4 Å². The van der Waals surface area contributed by atoms with E-state index in [-0.39, 0.29) is 11.8 Å². The Kier molecular flexibility index (Phi) is 3.60. The van der Waals surface area contributed by atoms with Crippen LogP contribution in [0.5, 0.6) is 0 Å². The normalized spacial score (nSPS) is 22.5. The van der Waals surface area contributed by atoms with Crippen LogP contribution >= 0.6 is 0 Å². The van der Waals surface area contributed by atoms with Crippen LogP contribution in [0.4, 0.5) is 17.1 Å². The zero-order valence-electron chi connectivity index (χ0n) is 12.6. The second-order valence-electron chi connectivity index (χ2n) is 5.62. The predicted molar refractivity (Wildman–Crippen MR) is 87.3 cm³/mol. The number of hydrogen-bond acceptors (Lipinski definition) is 3. The van der Waals surface area contributed by atoms with Crippen LogP contribution in [0.1, 0.15) is 19.3 Å². The van der Waals surface area contributed by atoms with Gasteiger partial charge in [-0.15, -0.1) is 0 Å². The highest BCUT2D eigenvalue weighted by molar-refractivity contribution is 7.94. The summed E-state index contributed by atoms with van der Waals surface area (Å²) >= 11 is 0. The summed E-state index contributed by atoms with van der Waals surface area (Å²) in [6.45, 7) is 0. The first-order valence-corrected chi connectivity index (χ1v) is 8.63. The Labute approximate surface area is 130 Å². The minimum Gasteiger partial charge on any atom is -0.326 e. The summed E-state index contributed by atoms with van der Waals surface area (Å²) < 4.78 is 26.6. The molecule has 6 nitrogen and oxygen atoms in total. The number of rotatable bonds is 2. The number of carbonyl (C=O) groups excluding carboxylic acids is 1. The van der Waals surface area contributed by atoms with Gasteiger partial charge in [-0.05, 0) is 37.5 Å². The molecular formula is C15H19N3O3S. The average molecular weight is 321 g/mol. The number of fused-ring (bicyclic) bond motifs is 1. The maximum Gasteiger partial charge on any atom is 0.326 e. The Hall–Kier alpha value is -2.02. The number of anilines is 3. The zero-order chi connectivity index (χ0) is 15.9. The van der Waals surface area contributed by atoms with E-state index in [1.807, 2.05) is 6.08 Å². The molecule has 7 heteroatoms. The van der Waals surface area contributed by atoms with Crippen LogP contribution in [0.15, 0.2) is 30.4 Å². The monoisotopic (exact) mass is 321 g/mol. The van der Waals surface area contributed by atoms with Crippen molar-refractivity contribution >= 4 is 33.2 Å². The van der Waals surface area contributed by atoms with Gasteiger partial charge in [0.1, 0.15) is 0 Å². The molecule has 22 heavy (non-hydrogen) atoms. The molecule has 1 aromatic rings. The van der Waals surface area contributed by atoms with Gasteiger partial charge in [0.25, 0.3) is 0 Å². The van der Waals surface area contributed by atoms with Crippen LogP contribution in [-0.4, -0.2) is 28.4 Å². The molecule has 1 amide bonds. The minimum absolute atomic E-state index is 0.0117. The third kappa shape index (κ3) is 2.35. The molecule has 1 aromatic carbocycles. The van der Waals surface area contributed by atoms with Crippen LogP contribution in [0, 0.1) is 5.92 Å². The van der Waals surface area contributed by atoms with Crippen molar-refractivity contribution in [1.29, 1.82) is 0 Å². The molecule has 1 atom stereocenters. The van der Waals surface area contributed by atoms with E-state index in [9.17, 15) is 13.2 Å². The molecule has 0 spiro atoms. The van der Waals surface area contributed by atoms with Gasteiger partial charge in [0.2, 0.25) is 5.91 Å². The Morgan fingerprint density at radius 3 is 2.59 bits per heavy atom. The predicted octanol–water partition coefficient (Wildman–Crippen LogP) is 2.11. The number of carbonyl (C=O) groups is 1. The van der Waals surface area contributed by atoms with Gasteiger partial charge in [0.05, 0.1) is 11.4 Å². The third-order valence-electron chi connectivity index (χ3n) is 4.25. The first-order chi connectivity index (χ1) is 10.4. The molecule has 0 radical (unpaired) electrons. The summed E-state index contributed by atoms with van der Waals surface area (Å²) in [4.78, 5) is 12.3. The van der Waals surface area contributed by atoms with E-state index < -0.39 is 10.2 Å². The fraction of sp³-hybridized carbons (Fsp3) is 0.400. The molecule has 1 heterocycles. The smallest absolute Gasteiger partial charge is 0.326 e. The number of nitrogens with one attached hydrogen (secondary N) is 1. The Morgan fingerprint density at radius 2 is 1.91 bits per heavy atom. The molecule has 0 saturated carbocycles. The molecular weight excluding hydrogens is 302 g/mol. The third-order valence-corrected chi connectivity index (χ3v) is 6.03. The lowest BCUT2D eigenvalue weighted by molar-refractivity contribution is -0.120. The summed E-state index contributed by atoms with van der Waals surface area (Å²) in [5.74, 6) is -0.0245. The van der Waals surface area contributed by atoms with Crippen molar-refractivity contribution in [1.82, 2.24) is 0 Å². The summed E-state index contributed by atoms with van der Waals surface area (Å²) in [6.07, 6.45) is 6.66. The van der Waals surface area contributed by atoms with Gasteiger partial charge in [-0.25, -0.2) is 0 Å². The van der Waals surface area contributed by atoms with Crippen molar-refractivity contribution < 1.29 is 13.2 Å². The largest absolute Gasteiger partial charge is 0.326 e. The van der Waals surface area contributed by atoms with Crippen molar-refractivity contribution in [2.75, 3.05) is 28.0 Å². The molecule has 0 aromatic heterocycles. The number of nitrogens with zero attached hydrogens (tertiary/aromatic N) is 2. The first kappa shape index (κ1) is 14.9. The molecule has 2 aliphatic rings. The molecule has 0 saturated heterocycles. The number of amides is 1. The van der Waals surface area contributed by atoms with E-state index >= 15 is 0 Å². The van der Waals surface area contributed by atoms with Gasteiger partial charge in [-0.2, -0.15) is 8.42 Å². The molecule has 1 N–H and O–H groups in total. The number of benzene rings is 1. The minimum atomic E-state index is -3.48. The lowest BCUT2D eigenvalue weighted by Gasteiger charge is -2.17. The molecule has 3 rings (SSSR count). The quantitative estimate of drug-likeness (QED) is 0.848. The van der Waals surface area contributed by atoms with E-state index in [1.165, 1.54) is 22.7 Å². The van der Waals surface area contributed by atoms with Crippen molar-refractivity contribution in [3.63, 3.8) is 0 Å². The Balaban J connectivity index is 1.82. The lowest BCUT2D eigenvalue weighted by Crippen LogP contribution is -2.32. The van der Waals surface area contributed by atoms with Crippen molar-refractivity contribution in [3.8, 4) is 0 Å². The van der Waals surface area contributed by atoms with E-state index in [0.29, 0.717) is 17.1 Å². The van der Waals surface area contributed by atoms with Crippen LogP contribution in [0.25, 0.3) is 0 Å². The van der Waals surface area contributed by atoms with E-state index in [4.69, 9.17) is 0 Å². The fourth-order valence-electron chi connectivity index (χ4n) is 2.83. The lowest BCUT2D eigenvalue weighted by atomic mass is 9.93. The molecule has 1 aliphatic heterocycles. The van der Waals surface area contributed by atoms with Gasteiger partial charge in [-0.1, -0.05) is 12.2 Å². The van der Waals surface area contributed by atoms with Crippen LogP contribution in [0.2, 0.25) is 0 Å². The molecule has 118 valence electrons. The topological polar surface area (TPSA) is 69.7 Å². The van der Waals surface area contributed by atoms with E-state index in [0.717, 1.165) is 19.3 Å². The second kappa shape index (κ2) is 5.31. The summed E-state index contributed by atoms with van der Waals surface area (Å²) in [7, 11) is -0.456. The second-order valence-corrected chi connectivity index (χ2v) is 7.61. The molecule has 0 fully saturated rings. The number of hydrogen-bond donors (Lipinski definition) is 1. The van der Waals surface area contributed by atoms with Gasteiger partial charge < -0.3 is 5.32 Å².